The van der Waals surface area contributed by atoms with Gasteiger partial charge >= 0.3 is 5.69 Å². The number of halogens is 1. The lowest BCUT2D eigenvalue weighted by Crippen LogP contribution is -2.51. The summed E-state index contributed by atoms with van der Waals surface area (Å²) >= 11 is 5.89. The molecule has 7 nitrogen and oxygen atoms in total. The van der Waals surface area contributed by atoms with Crippen molar-refractivity contribution in [1.82, 2.24) is 18.9 Å². The molecule has 162 valence electrons. The quantitative estimate of drug-likeness (QED) is 0.612. The van der Waals surface area contributed by atoms with Crippen molar-refractivity contribution in [2.75, 3.05) is 26.2 Å². The highest BCUT2D eigenvalue weighted by Crippen LogP contribution is 2.15. The summed E-state index contributed by atoms with van der Waals surface area (Å²) in [5, 5.41) is 0.586. The number of piperazine rings is 1. The number of hydrogen-bond donors (Lipinski definition) is 0. The second kappa shape index (κ2) is 8.98. The fourth-order valence-electron chi connectivity index (χ4n) is 4.03. The summed E-state index contributed by atoms with van der Waals surface area (Å²) in [4.78, 5) is 42.0. The smallest absolute Gasteiger partial charge is 0.329 e. The Labute approximate surface area is 185 Å². The molecule has 0 bridgehead atoms. The van der Waals surface area contributed by atoms with Gasteiger partial charge in [-0.05, 0) is 42.8 Å². The molecule has 2 amide bonds. The van der Waals surface area contributed by atoms with Crippen LogP contribution in [-0.4, -0.2) is 56.9 Å². The maximum atomic E-state index is 13.0. The minimum Gasteiger partial charge on any atom is -0.338 e. The van der Waals surface area contributed by atoms with Gasteiger partial charge < -0.3 is 9.80 Å². The Morgan fingerprint density at radius 2 is 1.45 bits per heavy atom. The third-order valence-electron chi connectivity index (χ3n) is 5.68. The van der Waals surface area contributed by atoms with E-state index in [1.807, 2.05) is 31.2 Å². The van der Waals surface area contributed by atoms with E-state index in [1.165, 1.54) is 0 Å². The van der Waals surface area contributed by atoms with Crippen LogP contribution in [0.5, 0.6) is 0 Å². The number of benzene rings is 2. The number of para-hydroxylation sites is 2. The maximum Gasteiger partial charge on any atom is 0.329 e. The number of carbonyl (C=O) groups is 2. The number of nitrogens with zero attached hydrogens (tertiary/aromatic N) is 4. The molecule has 0 aliphatic carbocycles. The van der Waals surface area contributed by atoms with E-state index in [-0.39, 0.29) is 24.0 Å². The van der Waals surface area contributed by atoms with Crippen LogP contribution in [0, 0.1) is 0 Å². The first-order valence-corrected chi connectivity index (χ1v) is 10.9. The van der Waals surface area contributed by atoms with E-state index >= 15 is 0 Å². The molecule has 0 N–H and O–H groups in total. The molecule has 2 heterocycles. The summed E-state index contributed by atoms with van der Waals surface area (Å²) in [5.41, 5.74) is 2.04. The SMILES string of the molecule is CCCn1c(=O)n(CC(=O)N2CCN(C(=O)c3ccc(Cl)cc3)CC2)c2ccccc21. The number of amides is 2. The number of aromatic nitrogens is 2. The highest BCUT2D eigenvalue weighted by molar-refractivity contribution is 6.30. The first-order valence-electron chi connectivity index (χ1n) is 10.5. The topological polar surface area (TPSA) is 67.6 Å². The number of imidazole rings is 1. The number of fused-ring (bicyclic) bond motifs is 1. The van der Waals surface area contributed by atoms with E-state index in [9.17, 15) is 14.4 Å². The maximum absolute atomic E-state index is 13.0. The van der Waals surface area contributed by atoms with Crippen molar-refractivity contribution in [3.8, 4) is 0 Å². The van der Waals surface area contributed by atoms with Gasteiger partial charge in [-0.3, -0.25) is 18.7 Å². The first kappa shape index (κ1) is 21.2. The molecule has 0 spiro atoms. The van der Waals surface area contributed by atoms with Crippen LogP contribution in [0.25, 0.3) is 11.0 Å². The summed E-state index contributed by atoms with van der Waals surface area (Å²) in [6.45, 7) is 4.45. The summed E-state index contributed by atoms with van der Waals surface area (Å²) in [6, 6.07) is 14.4. The van der Waals surface area contributed by atoms with Crippen molar-refractivity contribution in [2.45, 2.75) is 26.4 Å². The Bertz CT molecular complexity index is 1160. The van der Waals surface area contributed by atoms with Crippen molar-refractivity contribution >= 4 is 34.4 Å². The lowest BCUT2D eigenvalue weighted by molar-refractivity contribution is -0.133. The van der Waals surface area contributed by atoms with Crippen LogP contribution in [-0.2, 0) is 17.9 Å². The first-order chi connectivity index (χ1) is 15.0. The van der Waals surface area contributed by atoms with Gasteiger partial charge in [-0.25, -0.2) is 4.79 Å². The van der Waals surface area contributed by atoms with Crippen LogP contribution < -0.4 is 5.69 Å². The number of aryl methyl sites for hydroxylation is 1. The van der Waals surface area contributed by atoms with E-state index < -0.39 is 0 Å². The average Bonchev–Trinajstić information content (AvgIpc) is 3.05. The van der Waals surface area contributed by atoms with Crippen LogP contribution in [0.3, 0.4) is 0 Å². The zero-order valence-electron chi connectivity index (χ0n) is 17.5. The Balaban J connectivity index is 1.44. The van der Waals surface area contributed by atoms with Gasteiger partial charge in [0.05, 0.1) is 11.0 Å². The molecule has 8 heteroatoms. The molecular weight excluding hydrogens is 416 g/mol. The Hall–Kier alpha value is -3.06. The Kier molecular flexibility index (Phi) is 6.13. The lowest BCUT2D eigenvalue weighted by Gasteiger charge is -2.35. The number of carbonyl (C=O) groups excluding carboxylic acids is 2. The molecule has 1 saturated heterocycles. The van der Waals surface area contributed by atoms with E-state index in [4.69, 9.17) is 11.6 Å². The van der Waals surface area contributed by atoms with Gasteiger partial charge in [0.2, 0.25) is 5.91 Å². The van der Waals surface area contributed by atoms with E-state index in [0.717, 1.165) is 17.5 Å². The Morgan fingerprint density at radius 1 is 0.871 bits per heavy atom. The predicted octanol–water partition coefficient (Wildman–Crippen LogP) is 2.85. The summed E-state index contributed by atoms with van der Waals surface area (Å²) in [5.74, 6) is -0.178. The van der Waals surface area contributed by atoms with Crippen molar-refractivity contribution in [1.29, 1.82) is 0 Å². The van der Waals surface area contributed by atoms with Crippen LogP contribution in [0.2, 0.25) is 5.02 Å². The fraction of sp³-hybridized carbons (Fsp3) is 0.348. The highest BCUT2D eigenvalue weighted by Gasteiger charge is 2.26. The largest absolute Gasteiger partial charge is 0.338 e. The molecule has 0 radical (unpaired) electrons. The Morgan fingerprint density at radius 3 is 2.06 bits per heavy atom. The molecule has 4 rings (SSSR count). The zero-order valence-corrected chi connectivity index (χ0v) is 18.2. The molecule has 1 aliphatic rings. The number of hydrogen-bond acceptors (Lipinski definition) is 3. The average molecular weight is 441 g/mol. The standard InChI is InChI=1S/C23H25ClN4O3/c1-2-11-27-19-5-3-4-6-20(19)28(23(27)31)16-21(29)25-12-14-26(15-13-25)22(30)17-7-9-18(24)10-8-17/h3-10H,2,11-16H2,1H3. The molecule has 1 aliphatic heterocycles. The van der Waals surface area contributed by atoms with Crippen LogP contribution >= 0.6 is 11.6 Å². The third-order valence-corrected chi connectivity index (χ3v) is 5.93. The van der Waals surface area contributed by atoms with Gasteiger partial charge in [0.15, 0.2) is 0 Å². The molecular formula is C23H25ClN4O3. The summed E-state index contributed by atoms with van der Waals surface area (Å²) in [7, 11) is 0. The van der Waals surface area contributed by atoms with Crippen LogP contribution in [0.15, 0.2) is 53.3 Å². The summed E-state index contributed by atoms with van der Waals surface area (Å²) in [6.07, 6.45) is 0.839. The van der Waals surface area contributed by atoms with Gasteiger partial charge in [0.25, 0.3) is 5.91 Å². The van der Waals surface area contributed by atoms with Crippen molar-refractivity contribution in [3.63, 3.8) is 0 Å². The fourth-order valence-corrected chi connectivity index (χ4v) is 4.16. The molecule has 0 unspecified atom stereocenters. The molecule has 31 heavy (non-hydrogen) atoms. The van der Waals surface area contributed by atoms with Crippen LogP contribution in [0.1, 0.15) is 23.7 Å². The monoisotopic (exact) mass is 440 g/mol. The third kappa shape index (κ3) is 4.23. The zero-order chi connectivity index (χ0) is 22.0. The second-order valence-corrected chi connectivity index (χ2v) is 8.13. The van der Waals surface area contributed by atoms with Gasteiger partial charge in [-0.2, -0.15) is 0 Å². The van der Waals surface area contributed by atoms with E-state index in [1.54, 1.807) is 43.2 Å². The molecule has 0 saturated carbocycles. The van der Waals surface area contributed by atoms with E-state index in [0.29, 0.717) is 43.3 Å². The second-order valence-electron chi connectivity index (χ2n) is 7.69. The van der Waals surface area contributed by atoms with Gasteiger partial charge in [-0.15, -0.1) is 0 Å². The lowest BCUT2D eigenvalue weighted by atomic mass is 10.2. The molecule has 2 aromatic carbocycles. The highest BCUT2D eigenvalue weighted by atomic mass is 35.5. The minimum absolute atomic E-state index is 0.00118. The van der Waals surface area contributed by atoms with E-state index in [2.05, 4.69) is 0 Å². The van der Waals surface area contributed by atoms with Gasteiger partial charge in [-0.1, -0.05) is 30.7 Å². The molecule has 1 aromatic heterocycles. The van der Waals surface area contributed by atoms with Crippen LogP contribution in [0.4, 0.5) is 0 Å². The predicted molar refractivity (Wildman–Crippen MR) is 120 cm³/mol. The van der Waals surface area contributed by atoms with Crippen molar-refractivity contribution < 1.29 is 9.59 Å². The molecule has 0 atom stereocenters. The molecule has 3 aromatic rings. The minimum atomic E-state index is -0.159. The van der Waals surface area contributed by atoms with Gasteiger partial charge in [0, 0.05) is 43.3 Å². The van der Waals surface area contributed by atoms with Crippen molar-refractivity contribution in [3.05, 3.63) is 69.6 Å². The normalized spacial score (nSPS) is 14.3. The molecule has 1 fully saturated rings. The van der Waals surface area contributed by atoms with Crippen molar-refractivity contribution in [2.24, 2.45) is 0 Å². The number of rotatable bonds is 5. The van der Waals surface area contributed by atoms with Gasteiger partial charge in [0.1, 0.15) is 6.54 Å². The summed E-state index contributed by atoms with van der Waals surface area (Å²) < 4.78 is 3.28.